The van der Waals surface area contributed by atoms with Crippen LogP contribution in [-0.2, 0) is 19.2 Å². The predicted octanol–water partition coefficient (Wildman–Crippen LogP) is -0.794. The van der Waals surface area contributed by atoms with Gasteiger partial charge in [0.05, 0.1) is 6.04 Å². The molecule has 0 spiro atoms. The van der Waals surface area contributed by atoms with Gasteiger partial charge in [-0.25, -0.2) is 0 Å². The second kappa shape index (κ2) is 10.7. The van der Waals surface area contributed by atoms with Crippen LogP contribution in [0.15, 0.2) is 0 Å². The van der Waals surface area contributed by atoms with E-state index in [0.29, 0.717) is 6.42 Å². The number of nitrogens with one attached hydrogen (secondary N) is 3. The smallest absolute Gasteiger partial charge is 0.322 e. The molecule has 25 heavy (non-hydrogen) atoms. The third-order valence-corrected chi connectivity index (χ3v) is 3.47. The van der Waals surface area contributed by atoms with E-state index in [-0.39, 0.29) is 11.8 Å². The molecular weight excluding hydrogens is 328 g/mol. The fourth-order valence-corrected chi connectivity index (χ4v) is 2.09. The Balaban J connectivity index is 4.76. The van der Waals surface area contributed by atoms with Crippen LogP contribution in [0.5, 0.6) is 0 Å². The lowest BCUT2D eigenvalue weighted by atomic mass is 10.0. The summed E-state index contributed by atoms with van der Waals surface area (Å²) in [5.41, 5.74) is 5.82. The van der Waals surface area contributed by atoms with E-state index in [0.717, 1.165) is 0 Å². The van der Waals surface area contributed by atoms with Crippen molar-refractivity contribution in [3.8, 4) is 0 Å². The van der Waals surface area contributed by atoms with Crippen molar-refractivity contribution in [2.24, 2.45) is 17.6 Å². The highest BCUT2D eigenvalue weighted by Crippen LogP contribution is 2.06. The first kappa shape index (κ1) is 22.8. The minimum atomic E-state index is -1.18. The van der Waals surface area contributed by atoms with Crippen LogP contribution in [0.2, 0.25) is 0 Å². The molecule has 0 radical (unpaired) electrons. The summed E-state index contributed by atoms with van der Waals surface area (Å²) in [6.45, 7) is 8.29. The van der Waals surface area contributed by atoms with Crippen molar-refractivity contribution in [3.63, 3.8) is 0 Å². The first-order valence-electron chi connectivity index (χ1n) is 8.31. The summed E-state index contributed by atoms with van der Waals surface area (Å²) in [7, 11) is 0. The van der Waals surface area contributed by atoms with Crippen LogP contribution in [0.3, 0.4) is 0 Å². The normalized spacial score (nSPS) is 14.6. The average Bonchev–Trinajstić information content (AvgIpc) is 2.48. The summed E-state index contributed by atoms with van der Waals surface area (Å²) in [6.07, 6.45) is 0.492. The molecule has 9 nitrogen and oxygen atoms in total. The van der Waals surface area contributed by atoms with Gasteiger partial charge in [0, 0.05) is 0 Å². The van der Waals surface area contributed by atoms with Crippen molar-refractivity contribution in [2.45, 2.75) is 59.2 Å². The Kier molecular flexibility index (Phi) is 9.73. The van der Waals surface area contributed by atoms with Crippen molar-refractivity contribution in [3.05, 3.63) is 0 Å². The molecular formula is C16H30N4O5. The van der Waals surface area contributed by atoms with Gasteiger partial charge in [-0.2, -0.15) is 0 Å². The van der Waals surface area contributed by atoms with Crippen LogP contribution < -0.4 is 21.7 Å². The van der Waals surface area contributed by atoms with Gasteiger partial charge < -0.3 is 26.8 Å². The molecule has 0 aromatic carbocycles. The Bertz CT molecular complexity index is 493. The number of carbonyl (C=O) groups is 4. The Labute approximate surface area is 148 Å². The van der Waals surface area contributed by atoms with E-state index in [1.54, 1.807) is 13.8 Å². The SMILES string of the molecule is CC(C)C[C@H](N)C(=O)N[C@H](C(=O)N[C@@H](C)C(=O)NCC(=O)O)C(C)C. The molecule has 0 rings (SSSR count). The maximum Gasteiger partial charge on any atom is 0.322 e. The van der Waals surface area contributed by atoms with E-state index in [9.17, 15) is 19.2 Å². The molecule has 0 aromatic rings. The maximum atomic E-state index is 12.4. The molecule has 6 N–H and O–H groups in total. The molecule has 9 heteroatoms. The topological polar surface area (TPSA) is 151 Å². The summed E-state index contributed by atoms with van der Waals surface area (Å²) >= 11 is 0. The van der Waals surface area contributed by atoms with E-state index in [1.165, 1.54) is 6.92 Å². The largest absolute Gasteiger partial charge is 0.480 e. The van der Waals surface area contributed by atoms with Crippen molar-refractivity contribution in [1.82, 2.24) is 16.0 Å². The summed E-state index contributed by atoms with van der Waals surface area (Å²) in [4.78, 5) is 46.7. The van der Waals surface area contributed by atoms with Crippen LogP contribution in [0.4, 0.5) is 0 Å². The Morgan fingerprint density at radius 2 is 1.48 bits per heavy atom. The van der Waals surface area contributed by atoms with Crippen molar-refractivity contribution >= 4 is 23.7 Å². The second-order valence-corrected chi connectivity index (χ2v) is 6.81. The minimum absolute atomic E-state index is 0.218. The molecule has 3 atom stereocenters. The van der Waals surface area contributed by atoms with E-state index in [2.05, 4.69) is 16.0 Å². The van der Waals surface area contributed by atoms with Crippen LogP contribution in [0, 0.1) is 11.8 Å². The molecule has 0 bridgehead atoms. The number of rotatable bonds is 10. The van der Waals surface area contributed by atoms with Crippen molar-refractivity contribution in [2.75, 3.05) is 6.54 Å². The molecule has 0 saturated carbocycles. The van der Waals surface area contributed by atoms with Gasteiger partial charge in [-0.3, -0.25) is 19.2 Å². The summed E-state index contributed by atoms with van der Waals surface area (Å²) < 4.78 is 0. The standard InChI is InChI=1S/C16H30N4O5/c1-8(2)6-11(17)15(24)20-13(9(3)4)16(25)19-10(5)14(23)18-7-12(21)22/h8-11,13H,6-7,17H2,1-5H3,(H,18,23)(H,19,25)(H,20,24)(H,21,22)/t10-,11-,13-/m0/s1. The zero-order chi connectivity index (χ0) is 19.7. The second-order valence-electron chi connectivity index (χ2n) is 6.81. The van der Waals surface area contributed by atoms with Crippen LogP contribution >= 0.6 is 0 Å². The number of hydrogen-bond donors (Lipinski definition) is 5. The lowest BCUT2D eigenvalue weighted by Gasteiger charge is -2.25. The van der Waals surface area contributed by atoms with Crippen molar-refractivity contribution in [1.29, 1.82) is 0 Å². The quantitative estimate of drug-likeness (QED) is 0.345. The Morgan fingerprint density at radius 3 is 1.92 bits per heavy atom. The predicted molar refractivity (Wildman–Crippen MR) is 92.4 cm³/mol. The molecule has 0 aromatic heterocycles. The third kappa shape index (κ3) is 9.04. The zero-order valence-corrected chi connectivity index (χ0v) is 15.5. The fraction of sp³-hybridized carbons (Fsp3) is 0.750. The summed E-state index contributed by atoms with van der Waals surface area (Å²) in [5.74, 6) is -2.74. The van der Waals surface area contributed by atoms with Gasteiger partial charge in [0.2, 0.25) is 17.7 Å². The van der Waals surface area contributed by atoms with Gasteiger partial charge in [-0.05, 0) is 25.2 Å². The highest BCUT2D eigenvalue weighted by molar-refractivity contribution is 5.93. The van der Waals surface area contributed by atoms with Gasteiger partial charge in [0.25, 0.3) is 0 Å². The van der Waals surface area contributed by atoms with E-state index >= 15 is 0 Å². The Morgan fingerprint density at radius 1 is 0.920 bits per heavy atom. The minimum Gasteiger partial charge on any atom is -0.480 e. The third-order valence-electron chi connectivity index (χ3n) is 3.47. The molecule has 0 unspecified atom stereocenters. The fourth-order valence-electron chi connectivity index (χ4n) is 2.09. The number of carbonyl (C=O) groups excluding carboxylic acids is 3. The highest BCUT2D eigenvalue weighted by atomic mass is 16.4. The summed E-state index contributed by atoms with van der Waals surface area (Å²) in [5, 5.41) is 15.8. The number of aliphatic carboxylic acids is 1. The van der Waals surface area contributed by atoms with Gasteiger partial charge >= 0.3 is 5.97 Å². The Hall–Kier alpha value is -2.16. The van der Waals surface area contributed by atoms with E-state index < -0.39 is 48.4 Å². The zero-order valence-electron chi connectivity index (χ0n) is 15.5. The van der Waals surface area contributed by atoms with Gasteiger partial charge in [-0.1, -0.05) is 27.7 Å². The van der Waals surface area contributed by atoms with Crippen LogP contribution in [-0.4, -0.2) is 53.5 Å². The molecule has 0 aliphatic heterocycles. The molecule has 0 aliphatic carbocycles. The first-order chi connectivity index (χ1) is 11.5. The molecule has 0 saturated heterocycles. The van der Waals surface area contributed by atoms with Crippen LogP contribution in [0.1, 0.15) is 41.0 Å². The highest BCUT2D eigenvalue weighted by Gasteiger charge is 2.28. The monoisotopic (exact) mass is 358 g/mol. The molecule has 0 fully saturated rings. The number of carboxylic acid groups (broad SMARTS) is 1. The average molecular weight is 358 g/mol. The number of amides is 3. The van der Waals surface area contributed by atoms with Gasteiger partial charge in [0.1, 0.15) is 18.6 Å². The van der Waals surface area contributed by atoms with E-state index in [4.69, 9.17) is 10.8 Å². The summed E-state index contributed by atoms with van der Waals surface area (Å²) in [6, 6.07) is -2.50. The lowest BCUT2D eigenvalue weighted by molar-refractivity contribution is -0.138. The number of carboxylic acids is 1. The molecule has 0 heterocycles. The lowest BCUT2D eigenvalue weighted by Crippen LogP contribution is -2.57. The number of hydrogen-bond acceptors (Lipinski definition) is 5. The molecule has 0 aliphatic rings. The van der Waals surface area contributed by atoms with Crippen molar-refractivity contribution < 1.29 is 24.3 Å². The number of nitrogens with two attached hydrogens (primary N) is 1. The van der Waals surface area contributed by atoms with Gasteiger partial charge in [-0.15, -0.1) is 0 Å². The van der Waals surface area contributed by atoms with Gasteiger partial charge in [0.15, 0.2) is 0 Å². The maximum absolute atomic E-state index is 12.4. The van der Waals surface area contributed by atoms with Crippen LogP contribution in [0.25, 0.3) is 0 Å². The van der Waals surface area contributed by atoms with E-state index in [1.807, 2.05) is 13.8 Å². The molecule has 3 amide bonds. The first-order valence-corrected chi connectivity index (χ1v) is 8.31. The molecule has 144 valence electrons.